The van der Waals surface area contributed by atoms with Crippen molar-refractivity contribution in [2.75, 3.05) is 13.1 Å². The highest BCUT2D eigenvalue weighted by molar-refractivity contribution is 5.74. The van der Waals surface area contributed by atoms with E-state index < -0.39 is 178 Å². The van der Waals surface area contributed by atoms with Crippen LogP contribution in [0.25, 0.3) is 62.7 Å². The van der Waals surface area contributed by atoms with Gasteiger partial charge in [0.1, 0.15) is 42.6 Å². The minimum atomic E-state index is -2.31. The molecule has 38 nitrogen and oxygen atoms in total. The van der Waals surface area contributed by atoms with Crippen LogP contribution in [0.1, 0.15) is 48.0 Å². The molecule has 38 heteroatoms. The lowest BCUT2D eigenvalue weighted by molar-refractivity contribution is -0.309. The number of azide groups is 6. The van der Waals surface area contributed by atoms with E-state index in [0.717, 1.165) is 41.5 Å². The van der Waals surface area contributed by atoms with Crippen LogP contribution in [0.5, 0.6) is 0 Å². The third-order valence-corrected chi connectivity index (χ3v) is 10.6. The van der Waals surface area contributed by atoms with Crippen LogP contribution in [0.4, 0.5) is 0 Å². The molecule has 4 aliphatic rings. The number of carbonyl (C=O) groups excluding carboxylic acids is 6. The van der Waals surface area contributed by atoms with Gasteiger partial charge in [-0.05, 0) is 39.6 Å². The minimum Gasteiger partial charge on any atom is -0.479 e. The fourth-order valence-electron chi connectivity index (χ4n) is 8.24. The molecule has 1 N–H and O–H groups in total. The van der Waals surface area contributed by atoms with Crippen molar-refractivity contribution in [1.82, 2.24) is 0 Å². The molecule has 0 unspecified atom stereocenters. The number of carbonyl (C=O) groups is 7. The topological polar surface area (TPSA) is 543 Å². The molecule has 0 amide bonds. The molecule has 0 radical (unpaired) electrons. The van der Waals surface area contributed by atoms with Crippen molar-refractivity contribution < 1.29 is 95.5 Å². The Bertz CT molecular complexity index is 2400. The molecule has 0 bridgehead atoms. The summed E-state index contributed by atoms with van der Waals surface area (Å²) in [5.74, 6) is -8.12. The summed E-state index contributed by atoms with van der Waals surface area (Å²) < 4.78 is 69.1. The van der Waals surface area contributed by atoms with Crippen molar-refractivity contribution >= 4 is 41.8 Å². The molecule has 19 atom stereocenters. The third-order valence-electron chi connectivity index (χ3n) is 10.6. The molecule has 73 heavy (non-hydrogen) atoms. The summed E-state index contributed by atoms with van der Waals surface area (Å²) in [6, 6.07) is -6.93. The highest BCUT2D eigenvalue weighted by Gasteiger charge is 2.60. The van der Waals surface area contributed by atoms with Crippen molar-refractivity contribution in [1.29, 1.82) is 0 Å². The molecule has 394 valence electrons. The van der Waals surface area contributed by atoms with Gasteiger partial charge >= 0.3 is 41.8 Å². The first-order chi connectivity index (χ1) is 34.7. The number of nitrogens with zero attached hydrogens (tertiary/aromatic N) is 18. The molecule has 4 rings (SSSR count). The normalized spacial score (nSPS) is 34.2. The maximum Gasteiger partial charge on any atom is 0.335 e. The van der Waals surface area contributed by atoms with Crippen LogP contribution < -0.4 is 0 Å². The predicted molar refractivity (Wildman–Crippen MR) is 226 cm³/mol. The Morgan fingerprint density at radius 2 is 0.795 bits per heavy atom. The first-order valence-corrected chi connectivity index (χ1v) is 21.1. The average molecular weight is 1040 g/mol. The van der Waals surface area contributed by atoms with E-state index in [1.54, 1.807) is 0 Å². The van der Waals surface area contributed by atoms with Crippen LogP contribution in [0, 0.1) is 0 Å². The van der Waals surface area contributed by atoms with Crippen LogP contribution in [0.15, 0.2) is 30.7 Å². The number of carboxylic acid groups (broad SMARTS) is 1. The second-order valence-corrected chi connectivity index (χ2v) is 15.6. The van der Waals surface area contributed by atoms with Gasteiger partial charge in [-0.15, -0.1) is 0 Å². The molecule has 0 aromatic heterocycles. The van der Waals surface area contributed by atoms with E-state index in [4.69, 9.17) is 62.4 Å². The van der Waals surface area contributed by atoms with Crippen LogP contribution >= 0.6 is 0 Å². The van der Waals surface area contributed by atoms with Crippen molar-refractivity contribution in [3.05, 3.63) is 62.7 Å². The van der Waals surface area contributed by atoms with Gasteiger partial charge in [-0.2, -0.15) is 0 Å². The smallest absolute Gasteiger partial charge is 0.335 e. The maximum absolute atomic E-state index is 13.1. The number of aliphatic carboxylic acids is 1. The number of hydrogen-bond donors (Lipinski definition) is 1. The fourth-order valence-corrected chi connectivity index (χ4v) is 8.24. The van der Waals surface area contributed by atoms with Gasteiger partial charge in [-0.3, -0.25) is 28.8 Å². The lowest BCUT2D eigenvalue weighted by atomic mass is 9.83. The Morgan fingerprint density at radius 1 is 0.438 bits per heavy atom. The SMILES string of the molecule is CC(=O)O[C@@H]1[C@@H](N=[N+]=[N-])[C@@H](O[C@H]2[C@@H](OC(C)=O)[C@H](O[C@@H]3[C@@H](OC(C)=O)[C@H](N=[N+]=[N-])C[C@H](N=[N+]=[N-])[C@H]3O[C@H]3O[C@H](CN=[N+]=[N-])[C@@H](OC(C)=O)[C@H](OC(C)=O)[C@H]3N=[N+]=[N-])O[C@@H]2C(=O)O)O[C@@H](CN=[N+]=[N-])[C@H]1OC(C)=O. The van der Waals surface area contributed by atoms with Crippen LogP contribution in [-0.4, -0.2) is 176 Å². The molecule has 1 saturated carbocycles. The lowest BCUT2D eigenvalue weighted by Crippen LogP contribution is -2.65. The Kier molecular flexibility index (Phi) is 21.2. The monoisotopic (exact) mass is 1040 g/mol. The summed E-state index contributed by atoms with van der Waals surface area (Å²) in [5.41, 5.74) is 57.1. The van der Waals surface area contributed by atoms with E-state index in [1.807, 2.05) is 0 Å². The van der Waals surface area contributed by atoms with E-state index in [1.165, 1.54) is 0 Å². The van der Waals surface area contributed by atoms with E-state index in [0.29, 0.717) is 0 Å². The Morgan fingerprint density at radius 3 is 1.18 bits per heavy atom. The van der Waals surface area contributed by atoms with E-state index in [9.17, 15) is 66.3 Å². The van der Waals surface area contributed by atoms with Crippen molar-refractivity contribution in [3.63, 3.8) is 0 Å². The molecule has 4 fully saturated rings. The average Bonchev–Trinajstić information content (AvgIpc) is 3.63. The highest BCUT2D eigenvalue weighted by Crippen LogP contribution is 2.41. The van der Waals surface area contributed by atoms with E-state index >= 15 is 0 Å². The number of ether oxygens (including phenoxy) is 12. The molecule has 1 aliphatic carbocycles. The van der Waals surface area contributed by atoms with Gasteiger partial charge in [-0.25, -0.2) is 4.79 Å². The fraction of sp³-hybridized carbons (Fsp3) is 0.800. The van der Waals surface area contributed by atoms with E-state index in [2.05, 4.69) is 60.2 Å². The van der Waals surface area contributed by atoms with Gasteiger partial charge in [0.25, 0.3) is 0 Å². The molecular formula is C35H44N18O20. The maximum atomic E-state index is 13.1. The lowest BCUT2D eigenvalue weighted by Gasteiger charge is -2.48. The Labute approximate surface area is 407 Å². The van der Waals surface area contributed by atoms with Gasteiger partial charge in [0, 0.05) is 71.0 Å². The highest BCUT2D eigenvalue weighted by atomic mass is 16.8. The second kappa shape index (κ2) is 26.9. The molecule has 0 aromatic rings. The minimum absolute atomic E-state index is 0.543. The molecular weight excluding hydrogens is 992 g/mol. The van der Waals surface area contributed by atoms with Gasteiger partial charge in [-0.1, -0.05) is 30.7 Å². The van der Waals surface area contributed by atoms with Gasteiger partial charge < -0.3 is 61.9 Å². The third kappa shape index (κ3) is 15.0. The predicted octanol–water partition coefficient (Wildman–Crippen LogP) is 2.73. The number of esters is 6. The summed E-state index contributed by atoms with van der Waals surface area (Å²) in [5, 5.41) is 32.1. The summed E-state index contributed by atoms with van der Waals surface area (Å²) >= 11 is 0. The zero-order valence-corrected chi connectivity index (χ0v) is 38.8. The van der Waals surface area contributed by atoms with Crippen molar-refractivity contribution in [2.45, 2.75) is 164 Å². The van der Waals surface area contributed by atoms with Gasteiger partial charge in [0.2, 0.25) is 0 Å². The van der Waals surface area contributed by atoms with Crippen LogP contribution in [0.3, 0.4) is 0 Å². The Hall–Kier alpha value is -8.09. The zero-order valence-electron chi connectivity index (χ0n) is 38.8. The van der Waals surface area contributed by atoms with Crippen molar-refractivity contribution in [3.8, 4) is 0 Å². The summed E-state index contributed by atoms with van der Waals surface area (Å²) in [4.78, 5) is 105. The molecule has 3 aliphatic heterocycles. The molecule has 0 spiro atoms. The van der Waals surface area contributed by atoms with Crippen LogP contribution in [0.2, 0.25) is 0 Å². The van der Waals surface area contributed by atoms with E-state index in [-0.39, 0.29) is 0 Å². The summed E-state index contributed by atoms with van der Waals surface area (Å²) in [6.45, 7) is 4.20. The van der Waals surface area contributed by atoms with Gasteiger partial charge in [0.05, 0.1) is 31.3 Å². The van der Waals surface area contributed by atoms with Crippen LogP contribution in [-0.2, 0) is 90.4 Å². The zero-order chi connectivity index (χ0) is 54.1. The molecule has 0 aromatic carbocycles. The van der Waals surface area contributed by atoms with Gasteiger partial charge in [0.15, 0.2) is 55.5 Å². The number of hydrogen-bond acceptors (Lipinski definition) is 25. The molecule has 3 saturated heterocycles. The quantitative estimate of drug-likeness (QED) is 0.0567. The molecule has 3 heterocycles. The second-order valence-electron chi connectivity index (χ2n) is 15.6. The first kappa shape index (κ1) is 57.5. The Balaban J connectivity index is 1.94. The first-order valence-electron chi connectivity index (χ1n) is 21.1. The number of rotatable bonds is 21. The summed E-state index contributed by atoms with van der Waals surface area (Å²) in [7, 11) is 0. The summed E-state index contributed by atoms with van der Waals surface area (Å²) in [6.07, 6.45) is -29.4. The number of carboxylic acids is 1. The van der Waals surface area contributed by atoms with Crippen molar-refractivity contribution in [2.24, 2.45) is 30.7 Å². The largest absolute Gasteiger partial charge is 0.479 e. The standard InChI is InChI=1S/C35H44N18O20/c1-10(54)62-22-16(44-50-38)7-17(45-51-39)23(70-33-20(46-52-40)26(65-13(4)57)24(63-11(2)55)18(68-33)8-42-48-36)28(22)72-35-31(67-15(6)59)29(30(73-35)32(60)61)71-34-21(47-53-41)27(66-14(5)58)25(64-12(3)56)19(69-34)9-43-49-37/h16-31,33-35H,7-9H2,1-6H3,(H,60,61)/t16-,17+,18-,19+,20-,21-,22+,23-,24-,25-,26-,27-,28-,29-,30+,31-,33-,34-,35-/m1/s1.